The number of hydrogen-bond acceptors (Lipinski definition) is 3. The number of benzene rings is 1. The highest BCUT2D eigenvalue weighted by Crippen LogP contribution is 2.24. The van der Waals surface area contributed by atoms with Crippen LogP contribution in [0.5, 0.6) is 5.75 Å². The van der Waals surface area contributed by atoms with Crippen molar-refractivity contribution in [3.63, 3.8) is 0 Å². The lowest BCUT2D eigenvalue weighted by Gasteiger charge is -2.10. The molecule has 1 aromatic carbocycles. The number of nitrogens with one attached hydrogen (secondary N) is 1. The zero-order valence-electron chi connectivity index (χ0n) is 11.3. The monoisotopic (exact) mass is 336 g/mol. The van der Waals surface area contributed by atoms with E-state index < -0.39 is 0 Å². The van der Waals surface area contributed by atoms with E-state index in [1.54, 1.807) is 22.8 Å². The van der Waals surface area contributed by atoms with Gasteiger partial charge in [0.2, 0.25) is 0 Å². The average molecular weight is 337 g/mol. The maximum Gasteiger partial charge on any atom is 0.250 e. The lowest BCUT2D eigenvalue weighted by Crippen LogP contribution is -2.18. The molecule has 0 amide bonds. The molecule has 2 aromatic rings. The number of anilines is 1. The van der Waals surface area contributed by atoms with Crippen LogP contribution in [0, 0.1) is 0 Å². The molecule has 0 aliphatic carbocycles. The third kappa shape index (κ3) is 3.63. The van der Waals surface area contributed by atoms with Gasteiger partial charge in [0.25, 0.3) is 5.56 Å². The molecule has 0 atom stereocenters. The van der Waals surface area contributed by atoms with Crippen molar-refractivity contribution >= 4 is 21.6 Å². The number of phenols is 1. The van der Waals surface area contributed by atoms with E-state index in [9.17, 15) is 9.90 Å². The first-order valence-corrected chi connectivity index (χ1v) is 7.31. The summed E-state index contributed by atoms with van der Waals surface area (Å²) >= 11 is 3.29. The van der Waals surface area contributed by atoms with Crippen LogP contribution in [0.3, 0.4) is 0 Å². The highest BCUT2D eigenvalue weighted by molar-refractivity contribution is 9.10. The van der Waals surface area contributed by atoms with Gasteiger partial charge in [-0.25, -0.2) is 0 Å². The summed E-state index contributed by atoms with van der Waals surface area (Å²) in [6.07, 6.45) is 2.76. The van der Waals surface area contributed by atoms with Crippen molar-refractivity contribution in [2.75, 3.05) is 5.32 Å². The fraction of sp³-hybridized carbons (Fsp3) is 0.267. The fourth-order valence-corrected chi connectivity index (χ4v) is 2.34. The number of aryl methyl sites for hydroxylation is 1. The first-order chi connectivity index (χ1) is 9.60. The molecule has 0 saturated heterocycles. The molecule has 0 saturated carbocycles. The summed E-state index contributed by atoms with van der Waals surface area (Å²) in [5, 5.41) is 12.7. The van der Waals surface area contributed by atoms with Gasteiger partial charge >= 0.3 is 0 Å². The molecule has 0 fully saturated rings. The molecule has 2 N–H and O–H groups in total. The molecule has 0 aliphatic heterocycles. The van der Waals surface area contributed by atoms with Crippen molar-refractivity contribution < 1.29 is 5.11 Å². The molecule has 0 spiro atoms. The zero-order chi connectivity index (χ0) is 14.5. The number of halogens is 1. The zero-order valence-corrected chi connectivity index (χ0v) is 12.9. The maximum absolute atomic E-state index is 11.6. The summed E-state index contributed by atoms with van der Waals surface area (Å²) < 4.78 is 2.38. The van der Waals surface area contributed by atoms with E-state index in [2.05, 4.69) is 21.2 Å². The van der Waals surface area contributed by atoms with Crippen LogP contribution in [0.4, 0.5) is 5.69 Å². The van der Waals surface area contributed by atoms with E-state index in [4.69, 9.17) is 0 Å². The average Bonchev–Trinajstić information content (AvgIpc) is 2.43. The summed E-state index contributed by atoms with van der Waals surface area (Å²) in [6.45, 7) is 3.39. The Morgan fingerprint density at radius 3 is 2.80 bits per heavy atom. The molecule has 1 heterocycles. The standard InChI is InChI=1S/C15H17BrN2O2/c1-2-7-18-10-12(4-6-15(18)20)17-9-11-3-5-14(19)13(16)8-11/h3-6,8,10,17,19H,2,7,9H2,1H3. The predicted octanol–water partition coefficient (Wildman–Crippen LogP) is 3.34. The summed E-state index contributed by atoms with van der Waals surface area (Å²) in [4.78, 5) is 11.6. The Hall–Kier alpha value is -1.75. The number of rotatable bonds is 5. The second kappa shape index (κ2) is 6.61. The minimum absolute atomic E-state index is 0.0183. The molecular formula is C15H17BrN2O2. The van der Waals surface area contributed by atoms with Crippen LogP contribution in [0.2, 0.25) is 0 Å². The first-order valence-electron chi connectivity index (χ1n) is 6.52. The van der Waals surface area contributed by atoms with Gasteiger partial charge < -0.3 is 15.0 Å². The predicted molar refractivity (Wildman–Crippen MR) is 84.1 cm³/mol. The molecular weight excluding hydrogens is 320 g/mol. The number of aromatic nitrogens is 1. The van der Waals surface area contributed by atoms with Gasteiger partial charge in [0, 0.05) is 25.4 Å². The second-order valence-corrected chi connectivity index (χ2v) is 5.44. The van der Waals surface area contributed by atoms with Gasteiger partial charge in [-0.3, -0.25) is 4.79 Å². The van der Waals surface area contributed by atoms with Crippen molar-refractivity contribution in [1.82, 2.24) is 4.57 Å². The van der Waals surface area contributed by atoms with Crippen LogP contribution in [0.25, 0.3) is 0 Å². The topological polar surface area (TPSA) is 54.3 Å². The Kier molecular flexibility index (Phi) is 4.84. The van der Waals surface area contributed by atoms with Gasteiger partial charge in [0.15, 0.2) is 0 Å². The lowest BCUT2D eigenvalue weighted by atomic mass is 10.2. The van der Waals surface area contributed by atoms with Crippen LogP contribution in [0.1, 0.15) is 18.9 Å². The Labute approximate surface area is 126 Å². The molecule has 1 aromatic heterocycles. The Morgan fingerprint density at radius 1 is 1.30 bits per heavy atom. The number of hydrogen-bond donors (Lipinski definition) is 2. The van der Waals surface area contributed by atoms with Crippen LogP contribution in [-0.4, -0.2) is 9.67 Å². The van der Waals surface area contributed by atoms with Crippen LogP contribution in [-0.2, 0) is 13.1 Å². The van der Waals surface area contributed by atoms with Crippen LogP contribution in [0.15, 0.2) is 45.8 Å². The second-order valence-electron chi connectivity index (χ2n) is 4.59. The smallest absolute Gasteiger partial charge is 0.250 e. The highest BCUT2D eigenvalue weighted by atomic mass is 79.9. The first kappa shape index (κ1) is 14.7. The van der Waals surface area contributed by atoms with Crippen molar-refractivity contribution in [3.05, 3.63) is 56.9 Å². The van der Waals surface area contributed by atoms with E-state index in [1.807, 2.05) is 25.3 Å². The molecule has 2 rings (SSSR count). The Bertz CT molecular complexity index is 653. The molecule has 0 aliphatic rings. The van der Waals surface area contributed by atoms with Gasteiger partial charge in [-0.2, -0.15) is 0 Å². The Morgan fingerprint density at radius 2 is 2.10 bits per heavy atom. The molecule has 20 heavy (non-hydrogen) atoms. The van der Waals surface area contributed by atoms with Gasteiger partial charge in [-0.1, -0.05) is 13.0 Å². The third-order valence-corrected chi connectivity index (χ3v) is 3.59. The number of pyridine rings is 1. The largest absolute Gasteiger partial charge is 0.507 e. The molecule has 0 radical (unpaired) electrons. The number of nitrogens with zero attached hydrogens (tertiary/aromatic N) is 1. The molecule has 5 heteroatoms. The van der Waals surface area contributed by atoms with E-state index in [1.165, 1.54) is 0 Å². The summed E-state index contributed by atoms with van der Waals surface area (Å²) in [5.74, 6) is 0.227. The summed E-state index contributed by atoms with van der Waals surface area (Å²) in [5.41, 5.74) is 1.97. The van der Waals surface area contributed by atoms with Gasteiger partial charge in [0.05, 0.1) is 10.2 Å². The molecule has 0 unspecified atom stereocenters. The third-order valence-electron chi connectivity index (χ3n) is 2.96. The van der Waals surface area contributed by atoms with Crippen LogP contribution < -0.4 is 10.9 Å². The quantitative estimate of drug-likeness (QED) is 0.880. The van der Waals surface area contributed by atoms with Crippen molar-refractivity contribution in [2.24, 2.45) is 0 Å². The Balaban J connectivity index is 2.08. The molecule has 0 bridgehead atoms. The minimum atomic E-state index is 0.0183. The fourth-order valence-electron chi connectivity index (χ4n) is 1.92. The number of phenolic OH excluding ortho intramolecular Hbond substituents is 1. The van der Waals surface area contributed by atoms with Crippen molar-refractivity contribution in [1.29, 1.82) is 0 Å². The normalized spacial score (nSPS) is 10.5. The number of aromatic hydroxyl groups is 1. The maximum atomic E-state index is 11.6. The lowest BCUT2D eigenvalue weighted by molar-refractivity contribution is 0.471. The summed E-state index contributed by atoms with van der Waals surface area (Å²) in [7, 11) is 0. The van der Waals surface area contributed by atoms with E-state index in [-0.39, 0.29) is 11.3 Å². The van der Waals surface area contributed by atoms with Crippen molar-refractivity contribution in [3.8, 4) is 5.75 Å². The van der Waals surface area contributed by atoms with Gasteiger partial charge in [-0.15, -0.1) is 0 Å². The van der Waals surface area contributed by atoms with Gasteiger partial charge in [-0.05, 0) is 46.1 Å². The van der Waals surface area contributed by atoms with Gasteiger partial charge in [0.1, 0.15) is 5.75 Å². The van der Waals surface area contributed by atoms with Crippen molar-refractivity contribution in [2.45, 2.75) is 26.4 Å². The molecule has 106 valence electrons. The van der Waals surface area contributed by atoms with E-state index in [0.29, 0.717) is 11.0 Å². The van der Waals surface area contributed by atoms with E-state index >= 15 is 0 Å². The molecule has 4 nitrogen and oxygen atoms in total. The minimum Gasteiger partial charge on any atom is -0.507 e. The van der Waals surface area contributed by atoms with E-state index in [0.717, 1.165) is 24.2 Å². The highest BCUT2D eigenvalue weighted by Gasteiger charge is 2.01. The SMILES string of the molecule is CCCn1cc(NCc2ccc(O)c(Br)c2)ccc1=O. The summed E-state index contributed by atoms with van der Waals surface area (Å²) in [6, 6.07) is 8.73. The van der Waals surface area contributed by atoms with Crippen LogP contribution >= 0.6 is 15.9 Å².